The van der Waals surface area contributed by atoms with Gasteiger partial charge in [0.15, 0.2) is 0 Å². The second kappa shape index (κ2) is 13.9. The van der Waals surface area contributed by atoms with Gasteiger partial charge in [-0.15, -0.1) is 22.7 Å². The summed E-state index contributed by atoms with van der Waals surface area (Å²) in [6.45, 7) is 2.61. The van der Waals surface area contributed by atoms with Crippen LogP contribution < -0.4 is 0 Å². The first-order chi connectivity index (χ1) is 24.4. The minimum atomic E-state index is -0.278. The molecule has 3 aromatic carbocycles. The highest BCUT2D eigenvalue weighted by Crippen LogP contribution is 2.33. The molecule has 50 heavy (non-hydrogen) atoms. The predicted octanol–water partition coefficient (Wildman–Crippen LogP) is 9.56. The van der Waals surface area contributed by atoms with Gasteiger partial charge in [0.2, 0.25) is 0 Å². The molecule has 0 bridgehead atoms. The summed E-state index contributed by atoms with van der Waals surface area (Å²) in [4.78, 5) is 38.7. The molecule has 4 aromatic heterocycles. The Morgan fingerprint density at radius 3 is 1.76 bits per heavy atom. The first kappa shape index (κ1) is 32.4. The molecule has 2 aliphatic heterocycles. The van der Waals surface area contributed by atoms with E-state index < -0.39 is 0 Å². The molecule has 0 unspecified atom stereocenters. The van der Waals surface area contributed by atoms with E-state index in [0.717, 1.165) is 73.1 Å². The number of fused-ring (bicyclic) bond motifs is 4. The molecule has 6 heterocycles. The van der Waals surface area contributed by atoms with Gasteiger partial charge in [-0.2, -0.15) is 0 Å². The van der Waals surface area contributed by atoms with Crippen molar-refractivity contribution in [2.45, 2.75) is 25.9 Å². The van der Waals surface area contributed by atoms with Crippen LogP contribution in [0, 0.1) is 5.82 Å². The lowest BCUT2D eigenvalue weighted by Crippen LogP contribution is -2.26. The highest BCUT2D eigenvalue weighted by molar-refractivity contribution is 9.10. The zero-order valence-corrected chi connectivity index (χ0v) is 30.0. The number of carbonyl (C=O) groups excluding carboxylic acids is 2. The van der Waals surface area contributed by atoms with Gasteiger partial charge in [0.1, 0.15) is 5.82 Å². The molecule has 2 aliphatic rings. The lowest BCUT2D eigenvalue weighted by atomic mass is 9.97. The number of rotatable bonds is 7. The van der Waals surface area contributed by atoms with Crippen molar-refractivity contribution in [1.29, 1.82) is 0 Å². The van der Waals surface area contributed by atoms with Gasteiger partial charge in [-0.3, -0.25) is 19.6 Å². The zero-order valence-electron chi connectivity index (χ0n) is 26.8. The third kappa shape index (κ3) is 6.46. The fourth-order valence-electron chi connectivity index (χ4n) is 6.59. The van der Waals surface area contributed by atoms with Crippen LogP contribution in [0.5, 0.6) is 0 Å². The number of hydrogen-bond acceptors (Lipinski definition) is 6. The molecule has 2 amide bonds. The van der Waals surface area contributed by atoms with E-state index in [4.69, 9.17) is 0 Å². The van der Waals surface area contributed by atoms with E-state index in [1.54, 1.807) is 34.8 Å². The maximum absolute atomic E-state index is 13.3. The molecule has 10 heteroatoms. The number of halogens is 2. The Bertz CT molecular complexity index is 2390. The highest BCUT2D eigenvalue weighted by atomic mass is 79.9. The number of aromatic nitrogens is 2. The largest absolute Gasteiger partial charge is 0.334 e. The van der Waals surface area contributed by atoms with Gasteiger partial charge < -0.3 is 9.80 Å². The minimum absolute atomic E-state index is 0.0338. The molecule has 248 valence electrons. The number of pyridine rings is 2. The van der Waals surface area contributed by atoms with Crippen molar-refractivity contribution in [2.75, 3.05) is 13.1 Å². The van der Waals surface area contributed by atoms with E-state index in [1.807, 2.05) is 69.8 Å². The van der Waals surface area contributed by atoms with Crippen LogP contribution in [-0.4, -0.2) is 44.7 Å². The lowest BCUT2D eigenvalue weighted by molar-refractivity contribution is 0.0772. The Hall–Kier alpha value is -4.77. The number of nitrogens with zero attached hydrogens (tertiary/aromatic N) is 4. The highest BCUT2D eigenvalue weighted by Gasteiger charge is 2.30. The topological polar surface area (TPSA) is 66.4 Å². The van der Waals surface area contributed by atoms with E-state index in [0.29, 0.717) is 26.2 Å². The number of amides is 2. The number of thiophene rings is 2. The van der Waals surface area contributed by atoms with Gasteiger partial charge in [0.25, 0.3) is 11.8 Å². The van der Waals surface area contributed by atoms with E-state index in [-0.39, 0.29) is 17.6 Å². The Labute approximate surface area is 305 Å². The predicted molar refractivity (Wildman–Crippen MR) is 202 cm³/mol. The fraction of sp³-hybridized carbons (Fsp3) is 0.150. The van der Waals surface area contributed by atoms with Crippen molar-refractivity contribution in [3.63, 3.8) is 0 Å². The van der Waals surface area contributed by atoms with Crippen molar-refractivity contribution >= 4 is 70.9 Å². The standard InChI is InChI=1S/C23H17FN2OS.C17H13BrN2OS/c24-17-6-4-15(5-7-17)19-3-1-2-16-14-26(23(27)22(16)19)12-10-18-8-9-21-20(25-18)11-13-28-21;18-13-3-1-2-11-10-20(17(21)16(11)13)8-6-12-4-5-15-14(19-12)7-9-22-15/h1-9,11,13H,10,12,14H2;1-5,7,9H,6,8,10H2. The van der Waals surface area contributed by atoms with Crippen LogP contribution >= 0.6 is 38.6 Å². The van der Waals surface area contributed by atoms with E-state index >= 15 is 0 Å². The molecule has 6 nitrogen and oxygen atoms in total. The first-order valence-electron chi connectivity index (χ1n) is 16.3. The summed E-state index contributed by atoms with van der Waals surface area (Å²) < 4.78 is 16.5. The van der Waals surface area contributed by atoms with Crippen LogP contribution in [0.2, 0.25) is 0 Å². The molecule has 0 fully saturated rings. The Morgan fingerprint density at radius 2 is 1.18 bits per heavy atom. The van der Waals surface area contributed by atoms with Gasteiger partial charge in [0, 0.05) is 54.9 Å². The molecule has 0 radical (unpaired) electrons. The molecule has 7 aromatic rings. The Morgan fingerprint density at radius 1 is 0.640 bits per heavy atom. The summed E-state index contributed by atoms with van der Waals surface area (Å²) in [6, 6.07) is 30.5. The SMILES string of the molecule is O=C1c2c(Br)cccc2CN1CCc1ccc2sccc2n1.O=C1c2c(cccc2-c2ccc(F)cc2)CN1CCc1ccc2sccc2n1. The van der Waals surface area contributed by atoms with Crippen LogP contribution in [0.25, 0.3) is 31.6 Å². The van der Waals surface area contributed by atoms with Gasteiger partial charge in [-0.1, -0.05) is 42.5 Å². The molecule has 0 spiro atoms. The summed E-state index contributed by atoms with van der Waals surface area (Å²) in [5, 5.41) is 4.10. The molecular weight excluding hydrogens is 732 g/mol. The molecular formula is C40H30BrFN4O2S2. The average Bonchev–Trinajstić information content (AvgIpc) is 3.93. The summed E-state index contributed by atoms with van der Waals surface area (Å²) in [5.74, 6) is -0.134. The van der Waals surface area contributed by atoms with Crippen LogP contribution in [0.4, 0.5) is 4.39 Å². The molecule has 0 saturated carbocycles. The average molecular weight is 762 g/mol. The van der Waals surface area contributed by atoms with Crippen molar-refractivity contribution in [1.82, 2.24) is 19.8 Å². The van der Waals surface area contributed by atoms with Crippen molar-refractivity contribution in [3.05, 3.63) is 152 Å². The molecule has 0 N–H and O–H groups in total. The van der Waals surface area contributed by atoms with Gasteiger partial charge >= 0.3 is 0 Å². The third-order valence-electron chi connectivity index (χ3n) is 9.14. The summed E-state index contributed by atoms with van der Waals surface area (Å²) in [5.41, 5.74) is 9.47. The molecule has 9 rings (SSSR count). The van der Waals surface area contributed by atoms with Crippen LogP contribution in [0.1, 0.15) is 43.2 Å². The first-order valence-corrected chi connectivity index (χ1v) is 18.9. The van der Waals surface area contributed by atoms with Crippen molar-refractivity contribution in [3.8, 4) is 11.1 Å². The van der Waals surface area contributed by atoms with Gasteiger partial charge in [-0.05, 0) is 104 Å². The molecule has 0 saturated heterocycles. The van der Waals surface area contributed by atoms with Gasteiger partial charge in [-0.25, -0.2) is 4.39 Å². The normalized spacial score (nSPS) is 13.6. The monoisotopic (exact) mass is 760 g/mol. The van der Waals surface area contributed by atoms with Crippen LogP contribution in [0.3, 0.4) is 0 Å². The maximum Gasteiger partial charge on any atom is 0.255 e. The second-order valence-electron chi connectivity index (χ2n) is 12.3. The second-order valence-corrected chi connectivity index (χ2v) is 15.0. The van der Waals surface area contributed by atoms with E-state index in [1.165, 1.54) is 21.5 Å². The Balaban J connectivity index is 0.000000149. The van der Waals surface area contributed by atoms with Crippen LogP contribution in [0.15, 0.2) is 112 Å². The smallest absolute Gasteiger partial charge is 0.255 e. The zero-order chi connectivity index (χ0) is 34.2. The van der Waals surface area contributed by atoms with Crippen molar-refractivity contribution < 1.29 is 14.0 Å². The summed E-state index contributed by atoms with van der Waals surface area (Å²) in [7, 11) is 0. The minimum Gasteiger partial charge on any atom is -0.334 e. The van der Waals surface area contributed by atoms with Crippen molar-refractivity contribution in [2.24, 2.45) is 0 Å². The molecule has 0 aliphatic carbocycles. The molecule has 0 atom stereocenters. The van der Waals surface area contributed by atoms with E-state index in [9.17, 15) is 14.0 Å². The van der Waals surface area contributed by atoms with Crippen LogP contribution in [-0.2, 0) is 25.9 Å². The summed E-state index contributed by atoms with van der Waals surface area (Å²) >= 11 is 6.86. The fourth-order valence-corrected chi connectivity index (χ4v) is 8.62. The number of carbonyl (C=O) groups is 2. The number of benzene rings is 3. The lowest BCUT2D eigenvalue weighted by Gasteiger charge is -2.15. The van der Waals surface area contributed by atoms with E-state index in [2.05, 4.69) is 49.5 Å². The van der Waals surface area contributed by atoms with Gasteiger partial charge in [0.05, 0.1) is 31.6 Å². The third-order valence-corrected chi connectivity index (χ3v) is 11.5. The Kier molecular flexibility index (Phi) is 8.99. The maximum atomic E-state index is 13.3. The summed E-state index contributed by atoms with van der Waals surface area (Å²) in [6.07, 6.45) is 1.50. The quantitative estimate of drug-likeness (QED) is 0.162. The number of hydrogen-bond donors (Lipinski definition) is 0.